The third-order valence-corrected chi connectivity index (χ3v) is 15.5. The smallest absolute Gasteiger partial charge is 0.408 e. The maximum absolute atomic E-state index is 15.3. The lowest BCUT2D eigenvalue weighted by atomic mass is 9.44. The molecule has 5 N–H and O–H groups in total. The zero-order chi connectivity index (χ0) is 61.6. The quantitative estimate of drug-likeness (QED) is 0.0299. The van der Waals surface area contributed by atoms with Gasteiger partial charge in [-0.25, -0.2) is 19.8 Å². The Morgan fingerprint density at radius 3 is 2.11 bits per heavy atom. The predicted molar refractivity (Wildman–Crippen MR) is 286 cm³/mol. The number of aliphatic hydroxyl groups is 3. The molecule has 13 atom stereocenters. The molecule has 4 aliphatic rings. The molecule has 0 aromatic heterocycles. The molecule has 2 aromatic rings. The topological polar surface area (TPSA) is 351 Å². The van der Waals surface area contributed by atoms with Gasteiger partial charge in [0.2, 0.25) is 6.10 Å². The highest BCUT2D eigenvalue weighted by atomic mass is 16.6. The summed E-state index contributed by atoms with van der Waals surface area (Å²) < 4.78 is 50.5. The number of esters is 6. The average molecular weight is 1160 g/mol. The number of hydrogen-bond acceptors (Lipinski definition) is 23. The molecule has 3 fully saturated rings. The van der Waals surface area contributed by atoms with Crippen LogP contribution in [0.5, 0.6) is 0 Å². The fourth-order valence-corrected chi connectivity index (χ4v) is 11.3. The summed E-state index contributed by atoms with van der Waals surface area (Å²) in [6.07, 6.45) is -14.1. The van der Waals surface area contributed by atoms with E-state index < -0.39 is 173 Å². The van der Waals surface area contributed by atoms with Gasteiger partial charge in [0, 0.05) is 44.4 Å². The highest BCUT2D eigenvalue weighted by Gasteiger charge is 2.78. The average Bonchev–Trinajstić information content (AvgIpc) is 0.708. The highest BCUT2D eigenvalue weighted by molar-refractivity contribution is 5.95. The molecule has 25 nitrogen and oxygen atoms in total. The number of aliphatic hydroxyl groups excluding tert-OH is 2. The predicted octanol–water partition coefficient (Wildman–Crippen LogP) is 3.02. The number of methoxy groups -OCH3 is 1. The van der Waals surface area contributed by atoms with Crippen LogP contribution in [0.2, 0.25) is 0 Å². The Labute approximate surface area is 479 Å². The zero-order valence-corrected chi connectivity index (χ0v) is 48.1. The van der Waals surface area contributed by atoms with Crippen LogP contribution in [0, 0.1) is 22.7 Å². The molecule has 13 unspecified atom stereocenters. The summed E-state index contributed by atoms with van der Waals surface area (Å²) in [5.41, 5.74) is -7.14. The van der Waals surface area contributed by atoms with Crippen LogP contribution >= 0.6 is 0 Å². The van der Waals surface area contributed by atoms with Gasteiger partial charge in [-0.1, -0.05) is 69.3 Å². The minimum Gasteiger partial charge on any atom is -0.455 e. The van der Waals surface area contributed by atoms with Crippen molar-refractivity contribution in [3.63, 3.8) is 0 Å². The number of nitrogens with zero attached hydrogens (tertiary/aromatic N) is 1. The first-order valence-electron chi connectivity index (χ1n) is 26.9. The number of carbonyl (C=O) groups is 10. The van der Waals surface area contributed by atoms with Gasteiger partial charge in [0.15, 0.2) is 29.9 Å². The SMILES string of the molecule is COCC(=O)C(C)OC(=O)CC(=O)OCC(=O)NN=CC(C)CC(=O)OC(C(=O)OC1CC2(O)C(OC(=O)c3ccccc3)C3C4(OC(C)=O)COC4CC(O)C3(C)C(=O)C(O)C(=C1C)C2(C)C)C(NC(=O)OC(C)(C)C)c1ccccc1. The molecule has 0 spiro atoms. The Morgan fingerprint density at radius 1 is 0.880 bits per heavy atom. The molecule has 2 aromatic carbocycles. The van der Waals surface area contributed by atoms with Crippen LogP contribution in [-0.4, -0.2) is 167 Å². The van der Waals surface area contributed by atoms with Gasteiger partial charge < -0.3 is 63.3 Å². The lowest BCUT2D eigenvalue weighted by Crippen LogP contribution is -2.81. The van der Waals surface area contributed by atoms with E-state index >= 15 is 9.59 Å². The van der Waals surface area contributed by atoms with E-state index in [2.05, 4.69) is 15.8 Å². The van der Waals surface area contributed by atoms with Crippen molar-refractivity contribution in [2.75, 3.05) is 26.9 Å². The van der Waals surface area contributed by atoms with E-state index in [1.165, 1.54) is 72.9 Å². The zero-order valence-electron chi connectivity index (χ0n) is 48.1. The second kappa shape index (κ2) is 26.0. The van der Waals surface area contributed by atoms with E-state index in [0.717, 1.165) is 13.1 Å². The number of nitrogens with one attached hydrogen (secondary N) is 2. The maximum atomic E-state index is 15.3. The third kappa shape index (κ3) is 14.1. The first-order valence-corrected chi connectivity index (χ1v) is 26.9. The minimum absolute atomic E-state index is 0.00915. The van der Waals surface area contributed by atoms with Gasteiger partial charge >= 0.3 is 41.9 Å². The van der Waals surface area contributed by atoms with Crippen molar-refractivity contribution in [3.8, 4) is 0 Å². The lowest BCUT2D eigenvalue weighted by Gasteiger charge is -2.67. The van der Waals surface area contributed by atoms with Crippen molar-refractivity contribution in [1.29, 1.82) is 0 Å². The molecule has 2 saturated carbocycles. The van der Waals surface area contributed by atoms with Crippen LogP contribution in [0.1, 0.15) is 117 Å². The Kier molecular flexibility index (Phi) is 20.3. The van der Waals surface area contributed by atoms with Crippen LogP contribution in [-0.2, 0) is 81.0 Å². The number of amides is 2. The third-order valence-electron chi connectivity index (χ3n) is 15.5. The van der Waals surface area contributed by atoms with Gasteiger partial charge in [0.05, 0.1) is 36.0 Å². The van der Waals surface area contributed by atoms with Crippen LogP contribution in [0.15, 0.2) is 76.9 Å². The normalized spacial score (nSPS) is 27.6. The molecule has 1 saturated heterocycles. The standard InChI is InChI=1S/C58H73N3O22/c1-30(26-59-61-40(65)28-76-41(66)24-43(68)78-32(3)36(63)27-75-11)22-42(67)80-47(45(34-18-14-12-15-19-34)60-53(73)83-54(5,6)7)52(72)79-37-25-58(74)50(81-51(71)35-20-16-13-17-21-35)48-56(10,49(70)46(69)44(31(37)2)55(58,8)9)38(64)23-39-57(48,29-77-39)82-33(4)62/h12-21,26,30,32,37-39,45-48,50,64,69,74H,22-25,27-29H2,1-11H3,(H,60,73)(H,61,65). The van der Waals surface area contributed by atoms with Crippen molar-refractivity contribution >= 4 is 65.6 Å². The molecule has 452 valence electrons. The van der Waals surface area contributed by atoms with Crippen LogP contribution in [0.25, 0.3) is 0 Å². The van der Waals surface area contributed by atoms with Gasteiger partial charge in [0.25, 0.3) is 5.91 Å². The lowest BCUT2D eigenvalue weighted by molar-refractivity contribution is -0.346. The van der Waals surface area contributed by atoms with E-state index in [1.54, 1.807) is 57.2 Å². The van der Waals surface area contributed by atoms with Crippen molar-refractivity contribution in [2.45, 2.75) is 160 Å². The summed E-state index contributed by atoms with van der Waals surface area (Å²) in [6, 6.07) is 13.9. The first kappa shape index (κ1) is 64.7. The first-order chi connectivity index (χ1) is 38.8. The van der Waals surface area contributed by atoms with E-state index in [0.29, 0.717) is 0 Å². The molecule has 2 bridgehead atoms. The molecule has 6 rings (SSSR count). The molecule has 25 heteroatoms. The molecule has 2 amide bonds. The van der Waals surface area contributed by atoms with Crippen molar-refractivity contribution in [2.24, 2.45) is 27.8 Å². The summed E-state index contributed by atoms with van der Waals surface area (Å²) in [5.74, 6) is -11.5. The van der Waals surface area contributed by atoms with Crippen LogP contribution < -0.4 is 10.7 Å². The second-order valence-corrected chi connectivity index (χ2v) is 22.9. The monoisotopic (exact) mass is 1160 g/mol. The van der Waals surface area contributed by atoms with Gasteiger partial charge in [0.1, 0.15) is 54.7 Å². The molecular formula is C58H73N3O22. The number of ether oxygens (including phenoxy) is 9. The Balaban J connectivity index is 1.33. The highest BCUT2D eigenvalue weighted by Crippen LogP contribution is 2.64. The number of rotatable bonds is 21. The van der Waals surface area contributed by atoms with Crippen molar-refractivity contribution < 1.29 is 106 Å². The van der Waals surface area contributed by atoms with E-state index in [-0.39, 0.29) is 41.9 Å². The van der Waals surface area contributed by atoms with Gasteiger partial charge in [-0.05, 0) is 70.4 Å². The van der Waals surface area contributed by atoms with E-state index in [9.17, 15) is 53.7 Å². The number of ketones is 2. The second-order valence-electron chi connectivity index (χ2n) is 22.9. The number of carbonyl (C=O) groups excluding carboxylic acids is 10. The minimum atomic E-state index is -2.51. The fraction of sp³-hybridized carbons (Fsp3) is 0.569. The van der Waals surface area contributed by atoms with E-state index in [1.807, 2.05) is 0 Å². The molecular weight excluding hydrogens is 1090 g/mol. The molecule has 3 aliphatic carbocycles. The largest absolute Gasteiger partial charge is 0.455 e. The Morgan fingerprint density at radius 2 is 1.52 bits per heavy atom. The van der Waals surface area contributed by atoms with Crippen LogP contribution in [0.3, 0.4) is 0 Å². The summed E-state index contributed by atoms with van der Waals surface area (Å²) in [7, 11) is 1.27. The van der Waals surface area contributed by atoms with Crippen molar-refractivity contribution in [1.82, 2.24) is 10.7 Å². The van der Waals surface area contributed by atoms with E-state index in [4.69, 9.17) is 42.6 Å². The molecule has 1 aliphatic heterocycles. The molecule has 0 radical (unpaired) electrons. The number of hydrazone groups is 1. The van der Waals surface area contributed by atoms with Crippen molar-refractivity contribution in [3.05, 3.63) is 82.9 Å². The molecule has 1 heterocycles. The van der Waals surface area contributed by atoms with Gasteiger partial charge in [-0.3, -0.25) is 33.6 Å². The molecule has 83 heavy (non-hydrogen) atoms. The number of Topliss-reactive ketones (excluding diaryl/α,β-unsaturated/α-hetero) is 2. The van der Waals surface area contributed by atoms with Gasteiger partial charge in [-0.15, -0.1) is 0 Å². The summed E-state index contributed by atoms with van der Waals surface area (Å²) in [5, 5.41) is 44.8. The number of hydrogen-bond donors (Lipinski definition) is 5. The van der Waals surface area contributed by atoms with Gasteiger partial charge in [-0.2, -0.15) is 5.10 Å². The number of alkyl carbamates (subject to hydrolysis) is 1. The summed E-state index contributed by atoms with van der Waals surface area (Å²) >= 11 is 0. The summed E-state index contributed by atoms with van der Waals surface area (Å²) in [4.78, 5) is 134. The number of fused-ring (bicyclic) bond motifs is 5. The number of benzene rings is 2. The fourth-order valence-electron chi connectivity index (χ4n) is 11.3. The van der Waals surface area contributed by atoms with Crippen LogP contribution in [0.4, 0.5) is 4.79 Å². The maximum Gasteiger partial charge on any atom is 0.408 e. The summed E-state index contributed by atoms with van der Waals surface area (Å²) in [6.45, 7) is 12.8. The Bertz CT molecular complexity index is 2870. The Hall–Kier alpha value is -7.45.